The summed E-state index contributed by atoms with van der Waals surface area (Å²) in [5, 5.41) is 0. The van der Waals surface area contributed by atoms with Gasteiger partial charge in [-0.25, -0.2) is 4.39 Å². The first-order valence-electron chi connectivity index (χ1n) is 9.07. The topological polar surface area (TPSA) is 9.23 Å². The van der Waals surface area contributed by atoms with Crippen LogP contribution in [0, 0.1) is 17.7 Å². The third-order valence-corrected chi connectivity index (χ3v) is 4.86. The predicted octanol–water partition coefficient (Wildman–Crippen LogP) is 6.86. The fourth-order valence-electron chi connectivity index (χ4n) is 3.58. The zero-order chi connectivity index (χ0) is 18.4. The van der Waals surface area contributed by atoms with Crippen molar-refractivity contribution in [1.82, 2.24) is 0 Å². The average molecular weight is 358 g/mol. The van der Waals surface area contributed by atoms with Crippen LogP contribution in [0.3, 0.4) is 0 Å². The summed E-state index contributed by atoms with van der Waals surface area (Å²) in [6.45, 7) is 3.89. The van der Waals surface area contributed by atoms with Gasteiger partial charge in [0.05, 0.1) is 6.61 Å². The number of halogens is 4. The lowest BCUT2D eigenvalue weighted by atomic mass is 9.80. The summed E-state index contributed by atoms with van der Waals surface area (Å²) in [5.74, 6) is -0.678. The van der Waals surface area contributed by atoms with Crippen molar-refractivity contribution < 1.29 is 22.3 Å². The van der Waals surface area contributed by atoms with Crippen LogP contribution in [0.25, 0.3) is 6.08 Å². The standard InChI is InChI=1S/C20H26F4O/c1-3-5-14-6-8-15(9-7-14)10-11-16-12-13-17(25-4-2)19(21)18(16)20(22,23)24/h10-15H,3-9H2,1-2H3/b11-10+. The quantitative estimate of drug-likeness (QED) is 0.505. The Hall–Kier alpha value is -1.52. The zero-order valence-electron chi connectivity index (χ0n) is 14.8. The summed E-state index contributed by atoms with van der Waals surface area (Å²) in [7, 11) is 0. The van der Waals surface area contributed by atoms with Crippen LogP contribution in [-0.4, -0.2) is 6.61 Å². The molecule has 0 aromatic heterocycles. The summed E-state index contributed by atoms with van der Waals surface area (Å²) in [6.07, 6.45) is 5.09. The van der Waals surface area contributed by atoms with Crippen molar-refractivity contribution in [2.24, 2.45) is 11.8 Å². The second-order valence-electron chi connectivity index (χ2n) is 6.70. The van der Waals surface area contributed by atoms with Gasteiger partial charge >= 0.3 is 6.18 Å². The molecule has 0 bridgehead atoms. The number of allylic oxidation sites excluding steroid dienone is 1. The van der Waals surface area contributed by atoms with Crippen LogP contribution in [0.2, 0.25) is 0 Å². The highest BCUT2D eigenvalue weighted by Crippen LogP contribution is 2.39. The molecule has 1 saturated carbocycles. The molecule has 5 heteroatoms. The Morgan fingerprint density at radius 3 is 2.36 bits per heavy atom. The second kappa shape index (κ2) is 8.72. The Balaban J connectivity index is 2.17. The summed E-state index contributed by atoms with van der Waals surface area (Å²) in [4.78, 5) is 0. The van der Waals surface area contributed by atoms with Gasteiger partial charge in [0.15, 0.2) is 11.6 Å². The third kappa shape index (κ3) is 5.23. The van der Waals surface area contributed by atoms with Gasteiger partial charge in [-0.2, -0.15) is 13.2 Å². The van der Waals surface area contributed by atoms with Crippen molar-refractivity contribution in [2.75, 3.05) is 6.61 Å². The molecule has 0 amide bonds. The molecule has 0 radical (unpaired) electrons. The lowest BCUT2D eigenvalue weighted by Crippen LogP contribution is -2.14. The van der Waals surface area contributed by atoms with E-state index in [9.17, 15) is 17.6 Å². The van der Waals surface area contributed by atoms with E-state index in [1.165, 1.54) is 31.1 Å². The molecule has 0 heterocycles. The van der Waals surface area contributed by atoms with E-state index in [4.69, 9.17) is 4.74 Å². The zero-order valence-corrected chi connectivity index (χ0v) is 14.8. The van der Waals surface area contributed by atoms with Gasteiger partial charge in [0.25, 0.3) is 0 Å². The van der Waals surface area contributed by atoms with Gasteiger partial charge in [-0.05, 0) is 56.1 Å². The molecule has 0 atom stereocenters. The Bertz CT molecular complexity index is 584. The van der Waals surface area contributed by atoms with Gasteiger partial charge in [-0.1, -0.05) is 38.0 Å². The predicted molar refractivity (Wildman–Crippen MR) is 92.0 cm³/mol. The first-order chi connectivity index (χ1) is 11.9. The lowest BCUT2D eigenvalue weighted by Gasteiger charge is -2.26. The first-order valence-corrected chi connectivity index (χ1v) is 9.07. The Morgan fingerprint density at radius 2 is 1.80 bits per heavy atom. The Kier molecular flexibility index (Phi) is 6.91. The highest BCUT2D eigenvalue weighted by molar-refractivity contribution is 5.57. The molecular formula is C20H26F4O. The molecule has 0 spiro atoms. The molecule has 0 saturated heterocycles. The number of ether oxygens (including phenoxy) is 1. The normalized spacial score (nSPS) is 21.7. The molecular weight excluding hydrogens is 332 g/mol. The van der Waals surface area contributed by atoms with E-state index in [2.05, 4.69) is 6.92 Å². The summed E-state index contributed by atoms with van der Waals surface area (Å²) < 4.78 is 59.1. The SMILES string of the molecule is CCCC1CCC(/C=C/c2ccc(OCC)c(F)c2C(F)(F)F)CC1. The van der Waals surface area contributed by atoms with E-state index in [0.717, 1.165) is 31.6 Å². The van der Waals surface area contributed by atoms with Crippen molar-refractivity contribution in [3.63, 3.8) is 0 Å². The largest absolute Gasteiger partial charge is 0.491 e. The molecule has 1 fully saturated rings. The minimum Gasteiger partial charge on any atom is -0.491 e. The average Bonchev–Trinajstić information content (AvgIpc) is 2.55. The fraction of sp³-hybridized carbons (Fsp3) is 0.600. The number of hydrogen-bond donors (Lipinski definition) is 0. The number of alkyl halides is 3. The molecule has 25 heavy (non-hydrogen) atoms. The van der Waals surface area contributed by atoms with E-state index < -0.39 is 17.6 Å². The lowest BCUT2D eigenvalue weighted by molar-refractivity contribution is -0.140. The third-order valence-electron chi connectivity index (χ3n) is 4.86. The van der Waals surface area contributed by atoms with E-state index >= 15 is 0 Å². The maximum absolute atomic E-state index is 14.2. The number of hydrogen-bond acceptors (Lipinski definition) is 1. The summed E-state index contributed by atoms with van der Waals surface area (Å²) in [5.41, 5.74) is -1.38. The summed E-state index contributed by atoms with van der Waals surface area (Å²) >= 11 is 0. The monoisotopic (exact) mass is 358 g/mol. The molecule has 0 unspecified atom stereocenters. The minimum absolute atomic E-state index is 0.115. The molecule has 140 valence electrons. The van der Waals surface area contributed by atoms with Crippen LogP contribution in [0.15, 0.2) is 18.2 Å². The summed E-state index contributed by atoms with van der Waals surface area (Å²) in [6, 6.07) is 2.56. The van der Waals surface area contributed by atoms with Crippen LogP contribution >= 0.6 is 0 Å². The molecule has 0 N–H and O–H groups in total. The van der Waals surface area contributed by atoms with Crippen molar-refractivity contribution in [3.8, 4) is 5.75 Å². The maximum atomic E-state index is 14.2. The molecule has 2 rings (SSSR count). The van der Waals surface area contributed by atoms with Crippen LogP contribution in [0.1, 0.15) is 63.5 Å². The van der Waals surface area contributed by atoms with Crippen molar-refractivity contribution >= 4 is 6.08 Å². The van der Waals surface area contributed by atoms with Crippen molar-refractivity contribution in [2.45, 2.75) is 58.5 Å². The van der Waals surface area contributed by atoms with E-state index in [-0.39, 0.29) is 23.8 Å². The van der Waals surface area contributed by atoms with E-state index in [0.29, 0.717) is 0 Å². The van der Waals surface area contributed by atoms with Gasteiger partial charge in [0, 0.05) is 0 Å². The van der Waals surface area contributed by atoms with E-state index in [1.54, 1.807) is 6.92 Å². The van der Waals surface area contributed by atoms with Gasteiger partial charge in [-0.15, -0.1) is 0 Å². The molecule has 1 nitrogen and oxygen atoms in total. The van der Waals surface area contributed by atoms with Crippen molar-refractivity contribution in [1.29, 1.82) is 0 Å². The highest BCUT2D eigenvalue weighted by Gasteiger charge is 2.38. The fourth-order valence-corrected chi connectivity index (χ4v) is 3.58. The van der Waals surface area contributed by atoms with Gasteiger partial charge in [-0.3, -0.25) is 0 Å². The van der Waals surface area contributed by atoms with E-state index in [1.807, 2.05) is 6.08 Å². The minimum atomic E-state index is -4.75. The Morgan fingerprint density at radius 1 is 1.12 bits per heavy atom. The highest BCUT2D eigenvalue weighted by atomic mass is 19.4. The van der Waals surface area contributed by atoms with Gasteiger partial charge < -0.3 is 4.74 Å². The molecule has 1 aromatic rings. The number of rotatable bonds is 6. The Labute approximate surface area is 147 Å². The molecule has 0 aliphatic heterocycles. The smallest absolute Gasteiger partial charge is 0.419 e. The second-order valence-corrected chi connectivity index (χ2v) is 6.70. The van der Waals surface area contributed by atoms with Crippen LogP contribution < -0.4 is 4.74 Å². The van der Waals surface area contributed by atoms with Crippen LogP contribution in [-0.2, 0) is 6.18 Å². The molecule has 1 aliphatic rings. The first kappa shape index (κ1) is 19.8. The van der Waals surface area contributed by atoms with Crippen LogP contribution in [0.4, 0.5) is 17.6 Å². The molecule has 1 aromatic carbocycles. The van der Waals surface area contributed by atoms with Gasteiger partial charge in [0.1, 0.15) is 5.56 Å². The van der Waals surface area contributed by atoms with Crippen LogP contribution in [0.5, 0.6) is 5.75 Å². The maximum Gasteiger partial charge on any atom is 0.419 e. The van der Waals surface area contributed by atoms with Crippen molar-refractivity contribution in [3.05, 3.63) is 35.2 Å². The van der Waals surface area contributed by atoms with Gasteiger partial charge in [0.2, 0.25) is 0 Å². The number of benzene rings is 1. The molecule has 1 aliphatic carbocycles.